The predicted octanol–water partition coefficient (Wildman–Crippen LogP) is 10.1. The summed E-state index contributed by atoms with van der Waals surface area (Å²) in [7, 11) is 0. The second kappa shape index (κ2) is 18.9. The van der Waals surface area contributed by atoms with E-state index in [0.29, 0.717) is 41.4 Å². The van der Waals surface area contributed by atoms with Gasteiger partial charge >= 0.3 is 11.9 Å². The average molecular weight is 636 g/mol. The van der Waals surface area contributed by atoms with E-state index in [4.69, 9.17) is 18.9 Å². The van der Waals surface area contributed by atoms with Crippen molar-refractivity contribution >= 4 is 23.8 Å². The number of nitrogens with zero attached hydrogens (tertiary/aromatic N) is 1. The number of hydrogen-bond donors (Lipinski definition) is 0. The quantitative estimate of drug-likeness (QED) is 0.0468. The van der Waals surface area contributed by atoms with Crippen molar-refractivity contribution in [3.63, 3.8) is 0 Å². The molecule has 47 heavy (non-hydrogen) atoms. The number of unbranched alkanes of at least 4 members (excludes halogenated alkanes) is 6. The molecule has 0 unspecified atom stereocenters. The molecule has 0 atom stereocenters. The molecule has 0 bridgehead atoms. The van der Waals surface area contributed by atoms with E-state index in [1.807, 2.05) is 31.2 Å². The molecule has 0 radical (unpaired) electrons. The molecule has 4 rings (SSSR count). The Bertz CT molecular complexity index is 1580. The normalized spacial score (nSPS) is 11.0. The number of ether oxygens (including phenoxy) is 4. The minimum absolute atomic E-state index is 0.280. The summed E-state index contributed by atoms with van der Waals surface area (Å²) in [6.45, 7) is 7.64. The lowest BCUT2D eigenvalue weighted by molar-refractivity contribution is 0.0719. The van der Waals surface area contributed by atoms with Crippen molar-refractivity contribution in [3.8, 4) is 23.0 Å². The van der Waals surface area contributed by atoms with Crippen molar-refractivity contribution in [2.45, 2.75) is 72.1 Å². The molecule has 0 saturated carbocycles. The van der Waals surface area contributed by atoms with Crippen molar-refractivity contribution in [2.24, 2.45) is 4.99 Å². The zero-order valence-corrected chi connectivity index (χ0v) is 27.7. The molecule has 4 aromatic rings. The van der Waals surface area contributed by atoms with Gasteiger partial charge in [-0.3, -0.25) is 4.99 Å². The molecule has 0 spiro atoms. The molecule has 0 heterocycles. The molecule has 0 amide bonds. The molecule has 7 nitrogen and oxygen atoms in total. The summed E-state index contributed by atoms with van der Waals surface area (Å²) in [5.41, 5.74) is 3.10. The van der Waals surface area contributed by atoms with Crippen LogP contribution in [-0.4, -0.2) is 31.4 Å². The van der Waals surface area contributed by atoms with Crippen LogP contribution in [0.15, 0.2) is 96.0 Å². The lowest BCUT2D eigenvalue weighted by Gasteiger charge is -2.11. The fourth-order valence-corrected chi connectivity index (χ4v) is 4.70. The van der Waals surface area contributed by atoms with Gasteiger partial charge < -0.3 is 18.9 Å². The largest absolute Gasteiger partial charge is 0.494 e. The smallest absolute Gasteiger partial charge is 0.343 e. The van der Waals surface area contributed by atoms with Gasteiger partial charge in [-0.1, -0.05) is 70.1 Å². The Kier molecular flexibility index (Phi) is 14.1. The van der Waals surface area contributed by atoms with Crippen LogP contribution in [0.3, 0.4) is 0 Å². The van der Waals surface area contributed by atoms with E-state index in [2.05, 4.69) is 18.8 Å². The maximum atomic E-state index is 13.1. The highest BCUT2D eigenvalue weighted by atomic mass is 16.5. The van der Waals surface area contributed by atoms with Gasteiger partial charge in [-0.25, -0.2) is 9.59 Å². The number of aliphatic imine (C=N–C) groups is 1. The number of carbonyl (C=O) groups excluding carboxylic acids is 2. The first-order valence-corrected chi connectivity index (χ1v) is 16.6. The molecule has 0 fully saturated rings. The van der Waals surface area contributed by atoms with Crippen molar-refractivity contribution in [1.82, 2.24) is 0 Å². The van der Waals surface area contributed by atoms with Crippen LogP contribution in [0.25, 0.3) is 0 Å². The summed E-state index contributed by atoms with van der Waals surface area (Å²) in [4.78, 5) is 30.6. The highest BCUT2D eigenvalue weighted by Gasteiger charge is 2.15. The standard InChI is InChI=1S/C40H45NO6/c1-4-6-8-10-26-44-35-20-14-31(15-21-35)39(42)46-37-24-25-38(33(28-37)29-41-34-18-12-30(3)13-19-34)47-40(43)32-16-22-36(23-17-32)45-27-11-9-7-5-2/h12-25,28-29H,4-11,26-27H2,1-3H3. The zero-order chi connectivity index (χ0) is 33.3. The third kappa shape index (κ3) is 11.8. The number of benzene rings is 4. The third-order valence-corrected chi connectivity index (χ3v) is 7.49. The average Bonchev–Trinajstić information content (AvgIpc) is 3.09. The summed E-state index contributed by atoms with van der Waals surface area (Å²) in [5, 5.41) is 0. The predicted molar refractivity (Wildman–Crippen MR) is 187 cm³/mol. The first-order valence-electron chi connectivity index (χ1n) is 16.6. The second-order valence-corrected chi connectivity index (χ2v) is 11.4. The van der Waals surface area contributed by atoms with Gasteiger partial charge in [0.15, 0.2) is 0 Å². The highest BCUT2D eigenvalue weighted by Crippen LogP contribution is 2.26. The topological polar surface area (TPSA) is 83.4 Å². The molecule has 0 saturated heterocycles. The molecule has 4 aromatic carbocycles. The Morgan fingerprint density at radius 1 is 0.596 bits per heavy atom. The number of hydrogen-bond acceptors (Lipinski definition) is 7. The molecule has 246 valence electrons. The number of carbonyl (C=O) groups is 2. The van der Waals surface area contributed by atoms with E-state index in [9.17, 15) is 9.59 Å². The van der Waals surface area contributed by atoms with Crippen LogP contribution in [-0.2, 0) is 0 Å². The lowest BCUT2D eigenvalue weighted by atomic mass is 10.1. The van der Waals surface area contributed by atoms with E-state index in [1.54, 1.807) is 72.9 Å². The van der Waals surface area contributed by atoms with Crippen LogP contribution >= 0.6 is 0 Å². The van der Waals surface area contributed by atoms with Gasteiger partial charge in [0.05, 0.1) is 30.0 Å². The Labute approximate surface area is 278 Å². The SMILES string of the molecule is CCCCCCOc1ccc(C(=O)Oc2ccc(OC(=O)c3ccc(OCCCCCC)cc3)c(C=Nc3ccc(C)cc3)c2)cc1. The van der Waals surface area contributed by atoms with Gasteiger partial charge in [0.1, 0.15) is 23.0 Å². The summed E-state index contributed by atoms with van der Waals surface area (Å²) in [6.07, 6.45) is 10.6. The monoisotopic (exact) mass is 635 g/mol. The molecular weight excluding hydrogens is 590 g/mol. The van der Waals surface area contributed by atoms with Crippen LogP contribution in [0.1, 0.15) is 97.1 Å². The fourth-order valence-electron chi connectivity index (χ4n) is 4.70. The summed E-state index contributed by atoms with van der Waals surface area (Å²) in [6, 6.07) is 26.3. The molecule has 0 aliphatic carbocycles. The maximum Gasteiger partial charge on any atom is 0.343 e. The van der Waals surface area contributed by atoms with Crippen molar-refractivity contribution in [1.29, 1.82) is 0 Å². The van der Waals surface area contributed by atoms with Crippen molar-refractivity contribution in [2.75, 3.05) is 13.2 Å². The number of aryl methyl sites for hydroxylation is 1. The van der Waals surface area contributed by atoms with Gasteiger partial charge in [-0.05, 0) is 98.6 Å². The van der Waals surface area contributed by atoms with Gasteiger partial charge in [-0.15, -0.1) is 0 Å². The summed E-state index contributed by atoms with van der Waals surface area (Å²) in [5.74, 6) is 0.947. The molecule has 0 aromatic heterocycles. The number of rotatable bonds is 18. The molecule has 0 N–H and O–H groups in total. The highest BCUT2D eigenvalue weighted by molar-refractivity contribution is 5.94. The fraction of sp³-hybridized carbons (Fsp3) is 0.325. The van der Waals surface area contributed by atoms with E-state index in [1.165, 1.54) is 25.7 Å². The van der Waals surface area contributed by atoms with E-state index in [-0.39, 0.29) is 11.5 Å². The zero-order valence-electron chi connectivity index (χ0n) is 27.7. The molecule has 7 heteroatoms. The minimum Gasteiger partial charge on any atom is -0.494 e. The summed E-state index contributed by atoms with van der Waals surface area (Å²) >= 11 is 0. The van der Waals surface area contributed by atoms with Gasteiger partial charge in [0.25, 0.3) is 0 Å². The van der Waals surface area contributed by atoms with E-state index < -0.39 is 11.9 Å². The van der Waals surface area contributed by atoms with E-state index in [0.717, 1.165) is 36.9 Å². The Morgan fingerprint density at radius 2 is 1.11 bits per heavy atom. The Hall–Kier alpha value is -4.91. The maximum absolute atomic E-state index is 13.1. The van der Waals surface area contributed by atoms with Gasteiger partial charge in [-0.2, -0.15) is 0 Å². The molecule has 0 aliphatic rings. The molecule has 0 aliphatic heterocycles. The van der Waals surface area contributed by atoms with E-state index >= 15 is 0 Å². The van der Waals surface area contributed by atoms with Gasteiger partial charge in [0, 0.05) is 11.8 Å². The summed E-state index contributed by atoms with van der Waals surface area (Å²) < 4.78 is 23.1. The molecular formula is C40H45NO6. The van der Waals surface area contributed by atoms with Crippen molar-refractivity contribution < 1.29 is 28.5 Å². The van der Waals surface area contributed by atoms with Gasteiger partial charge in [0.2, 0.25) is 0 Å². The first-order chi connectivity index (χ1) is 22.9. The first kappa shape index (κ1) is 35.0. The minimum atomic E-state index is -0.526. The van der Waals surface area contributed by atoms with Crippen LogP contribution in [0.2, 0.25) is 0 Å². The lowest BCUT2D eigenvalue weighted by Crippen LogP contribution is -2.11. The third-order valence-electron chi connectivity index (χ3n) is 7.49. The second-order valence-electron chi connectivity index (χ2n) is 11.4. The van der Waals surface area contributed by atoms with Crippen LogP contribution in [0, 0.1) is 6.92 Å². The van der Waals surface area contributed by atoms with Crippen LogP contribution < -0.4 is 18.9 Å². The van der Waals surface area contributed by atoms with Crippen LogP contribution in [0.4, 0.5) is 5.69 Å². The van der Waals surface area contributed by atoms with Crippen molar-refractivity contribution in [3.05, 3.63) is 113 Å². The Morgan fingerprint density at radius 3 is 1.64 bits per heavy atom. The van der Waals surface area contributed by atoms with Crippen LogP contribution in [0.5, 0.6) is 23.0 Å². The number of esters is 2. The Balaban J connectivity index is 1.44.